The number of aliphatic hydroxyl groups excluding tert-OH is 1. The van der Waals surface area contributed by atoms with Gasteiger partial charge in [-0.25, -0.2) is 0 Å². The van der Waals surface area contributed by atoms with Crippen LogP contribution in [0.4, 0.5) is 0 Å². The zero-order chi connectivity index (χ0) is 18.3. The van der Waals surface area contributed by atoms with Crippen LogP contribution in [0, 0.1) is 29.6 Å². The fraction of sp³-hybridized carbons (Fsp3) is 0.900. The molecule has 5 unspecified atom stereocenters. The number of Topliss-reactive ketones (excluding diaryl/α,β-unsaturated/α-hetero) is 1. The van der Waals surface area contributed by atoms with Crippen molar-refractivity contribution in [3.8, 4) is 0 Å². The van der Waals surface area contributed by atoms with E-state index in [9.17, 15) is 14.7 Å². The van der Waals surface area contributed by atoms with Gasteiger partial charge in [-0.15, -0.1) is 0 Å². The summed E-state index contributed by atoms with van der Waals surface area (Å²) in [6.45, 7) is 10.7. The van der Waals surface area contributed by atoms with E-state index in [1.54, 1.807) is 6.92 Å². The lowest BCUT2D eigenvalue weighted by atomic mass is 9.76. The Labute approximate surface area is 147 Å². The number of carbonyl (C=O) groups is 2. The molecule has 0 aliphatic carbocycles. The van der Waals surface area contributed by atoms with Crippen molar-refractivity contribution in [1.29, 1.82) is 0 Å². The molecule has 1 fully saturated rings. The van der Waals surface area contributed by atoms with Crippen molar-refractivity contribution < 1.29 is 19.4 Å². The lowest BCUT2D eigenvalue weighted by Crippen LogP contribution is -2.35. The van der Waals surface area contributed by atoms with Crippen molar-refractivity contribution in [3.05, 3.63) is 0 Å². The minimum absolute atomic E-state index is 0.0510. The second-order valence-corrected chi connectivity index (χ2v) is 7.99. The van der Waals surface area contributed by atoms with Gasteiger partial charge in [0.1, 0.15) is 5.78 Å². The number of hydrogen-bond donors (Lipinski definition) is 1. The summed E-state index contributed by atoms with van der Waals surface area (Å²) < 4.78 is 5.20. The van der Waals surface area contributed by atoms with Crippen molar-refractivity contribution >= 4 is 11.8 Å². The Morgan fingerprint density at radius 1 is 0.917 bits per heavy atom. The number of hydrogen-bond acceptors (Lipinski definition) is 4. The monoisotopic (exact) mass is 340 g/mol. The molecule has 0 amide bonds. The molecule has 0 spiro atoms. The van der Waals surface area contributed by atoms with E-state index in [1.165, 1.54) is 12.8 Å². The molecule has 0 bridgehead atoms. The van der Waals surface area contributed by atoms with Crippen molar-refractivity contribution in [3.63, 3.8) is 0 Å². The molecule has 1 rings (SSSR count). The van der Waals surface area contributed by atoms with E-state index in [2.05, 4.69) is 20.8 Å². The molecular formula is C20H36O4. The van der Waals surface area contributed by atoms with Crippen LogP contribution in [-0.4, -0.2) is 29.6 Å². The van der Waals surface area contributed by atoms with Crippen molar-refractivity contribution in [2.24, 2.45) is 29.6 Å². The van der Waals surface area contributed by atoms with Gasteiger partial charge in [0.15, 0.2) is 0 Å². The standard InChI is InChI=1S/C20H36O4/c1-13-8-6-10-14(2)15(3)16(4)20(23)17(5)18(21)12-19(22)24-11-7-9-13/h13-18,21H,6-12H2,1-5H3/t13?,14?,15-,16?,17?,18?/m0/s1. The number of carbonyl (C=O) groups excluding carboxylic acids is 2. The first-order valence-corrected chi connectivity index (χ1v) is 9.61. The molecule has 1 N–H and O–H groups in total. The predicted molar refractivity (Wildman–Crippen MR) is 95.5 cm³/mol. The molecule has 0 aromatic rings. The molecule has 0 aromatic carbocycles. The molecular weight excluding hydrogens is 304 g/mol. The second-order valence-electron chi connectivity index (χ2n) is 7.99. The molecule has 4 heteroatoms. The van der Waals surface area contributed by atoms with Crippen molar-refractivity contribution in [2.75, 3.05) is 6.61 Å². The second kappa shape index (κ2) is 10.2. The number of esters is 1. The molecule has 6 atom stereocenters. The number of ether oxygens (including phenoxy) is 1. The lowest BCUT2D eigenvalue weighted by molar-refractivity contribution is -0.147. The fourth-order valence-electron chi connectivity index (χ4n) is 3.58. The maximum Gasteiger partial charge on any atom is 0.308 e. The van der Waals surface area contributed by atoms with E-state index in [0.717, 1.165) is 19.3 Å². The number of ketones is 1. The fourth-order valence-corrected chi connectivity index (χ4v) is 3.58. The number of aliphatic hydroxyl groups is 1. The third kappa shape index (κ3) is 6.54. The summed E-state index contributed by atoms with van der Waals surface area (Å²) in [7, 11) is 0. The van der Waals surface area contributed by atoms with Crippen molar-refractivity contribution in [2.45, 2.75) is 79.2 Å². The van der Waals surface area contributed by atoms with Crippen molar-refractivity contribution in [1.82, 2.24) is 0 Å². The van der Waals surface area contributed by atoms with E-state index in [0.29, 0.717) is 18.4 Å². The first kappa shape index (κ1) is 21.1. The molecule has 140 valence electrons. The van der Waals surface area contributed by atoms with E-state index in [-0.39, 0.29) is 24.0 Å². The largest absolute Gasteiger partial charge is 0.466 e. The summed E-state index contributed by atoms with van der Waals surface area (Å²) in [5, 5.41) is 10.2. The molecule has 24 heavy (non-hydrogen) atoms. The van der Waals surface area contributed by atoms with Crippen LogP contribution < -0.4 is 0 Å². The molecule has 1 aliphatic heterocycles. The van der Waals surface area contributed by atoms with E-state index < -0.39 is 18.0 Å². The van der Waals surface area contributed by atoms with Gasteiger partial charge in [0.05, 0.1) is 19.1 Å². The molecule has 0 saturated carbocycles. The van der Waals surface area contributed by atoms with E-state index >= 15 is 0 Å². The Kier molecular flexibility index (Phi) is 8.96. The molecule has 0 aromatic heterocycles. The van der Waals surface area contributed by atoms with Crippen LogP contribution in [0.25, 0.3) is 0 Å². The minimum atomic E-state index is -0.957. The van der Waals surface area contributed by atoms with Crippen LogP contribution in [0.2, 0.25) is 0 Å². The smallest absolute Gasteiger partial charge is 0.308 e. The summed E-state index contributed by atoms with van der Waals surface area (Å²) in [4.78, 5) is 24.5. The van der Waals surface area contributed by atoms with Crippen LogP contribution in [-0.2, 0) is 14.3 Å². The van der Waals surface area contributed by atoms with Crippen LogP contribution in [0.3, 0.4) is 0 Å². The third-order valence-corrected chi connectivity index (χ3v) is 6.00. The van der Waals surface area contributed by atoms with Crippen LogP contribution in [0.15, 0.2) is 0 Å². The normalized spacial score (nSPS) is 38.6. The molecule has 1 saturated heterocycles. The topological polar surface area (TPSA) is 63.6 Å². The maximum absolute atomic E-state index is 12.7. The van der Waals surface area contributed by atoms with Crippen LogP contribution >= 0.6 is 0 Å². The summed E-state index contributed by atoms with van der Waals surface area (Å²) in [5.41, 5.74) is 0. The van der Waals surface area contributed by atoms with Gasteiger partial charge in [-0.3, -0.25) is 9.59 Å². The Bertz CT molecular complexity index is 406. The highest BCUT2D eigenvalue weighted by molar-refractivity contribution is 5.84. The first-order chi connectivity index (χ1) is 11.2. The summed E-state index contributed by atoms with van der Waals surface area (Å²) in [5.74, 6) is 0.400. The van der Waals surface area contributed by atoms with E-state index in [1.807, 2.05) is 6.92 Å². The average Bonchev–Trinajstić information content (AvgIpc) is 2.54. The minimum Gasteiger partial charge on any atom is -0.466 e. The summed E-state index contributed by atoms with van der Waals surface area (Å²) >= 11 is 0. The quantitative estimate of drug-likeness (QED) is 0.677. The zero-order valence-corrected chi connectivity index (χ0v) is 16.1. The first-order valence-electron chi connectivity index (χ1n) is 9.61. The van der Waals surface area contributed by atoms with E-state index in [4.69, 9.17) is 4.74 Å². The van der Waals surface area contributed by atoms with Gasteiger partial charge >= 0.3 is 5.97 Å². The highest BCUT2D eigenvalue weighted by Gasteiger charge is 2.32. The van der Waals surface area contributed by atoms with Gasteiger partial charge < -0.3 is 9.84 Å². The lowest BCUT2D eigenvalue weighted by Gasteiger charge is -2.29. The summed E-state index contributed by atoms with van der Waals surface area (Å²) in [6.07, 6.45) is 4.36. The Morgan fingerprint density at radius 2 is 1.54 bits per heavy atom. The highest BCUT2D eigenvalue weighted by atomic mass is 16.5. The van der Waals surface area contributed by atoms with Gasteiger partial charge in [-0.05, 0) is 30.6 Å². The third-order valence-electron chi connectivity index (χ3n) is 6.00. The number of rotatable bonds is 0. The highest BCUT2D eigenvalue weighted by Crippen LogP contribution is 2.29. The molecule has 1 heterocycles. The Morgan fingerprint density at radius 3 is 2.21 bits per heavy atom. The predicted octanol–water partition coefficient (Wildman–Crippen LogP) is 3.99. The van der Waals surface area contributed by atoms with Gasteiger partial charge in [0.25, 0.3) is 0 Å². The van der Waals surface area contributed by atoms with Gasteiger partial charge in [-0.1, -0.05) is 53.9 Å². The van der Waals surface area contributed by atoms with Gasteiger partial charge in [0.2, 0.25) is 0 Å². The van der Waals surface area contributed by atoms with Gasteiger partial charge in [0, 0.05) is 11.8 Å². The van der Waals surface area contributed by atoms with Gasteiger partial charge in [-0.2, -0.15) is 0 Å². The molecule has 4 nitrogen and oxygen atoms in total. The maximum atomic E-state index is 12.7. The molecule has 0 radical (unpaired) electrons. The Balaban J connectivity index is 2.79. The average molecular weight is 341 g/mol. The van der Waals surface area contributed by atoms with Crippen LogP contribution in [0.5, 0.6) is 0 Å². The molecule has 1 aliphatic rings. The SMILES string of the molecule is CC1CCCOC(=O)CC(O)C(C)C(=O)C(C)[C@@H](C)C(C)CCC1. The zero-order valence-electron chi connectivity index (χ0n) is 16.1. The number of cyclic esters (lactones) is 1. The summed E-state index contributed by atoms with van der Waals surface area (Å²) in [6, 6.07) is 0. The van der Waals surface area contributed by atoms with Crippen LogP contribution in [0.1, 0.15) is 73.1 Å². The Hall–Kier alpha value is -0.900.